The zero-order chi connectivity index (χ0) is 20.8. The number of carbonyl (C=O) groups excluding carboxylic acids is 1. The third-order valence-corrected chi connectivity index (χ3v) is 6.37. The van der Waals surface area contributed by atoms with Crippen molar-refractivity contribution in [3.8, 4) is 0 Å². The Bertz CT molecular complexity index is 988. The van der Waals surface area contributed by atoms with E-state index in [1.54, 1.807) is 53.4 Å². The molecule has 4 nitrogen and oxygen atoms in total. The minimum absolute atomic E-state index is 0.188. The van der Waals surface area contributed by atoms with Crippen LogP contribution in [0.25, 0.3) is 0 Å². The van der Waals surface area contributed by atoms with Gasteiger partial charge in [0.2, 0.25) is 0 Å². The molecule has 2 unspecified atom stereocenters. The van der Waals surface area contributed by atoms with Crippen molar-refractivity contribution in [2.45, 2.75) is 25.1 Å². The number of carbonyl (C=O) groups is 1. The van der Waals surface area contributed by atoms with Gasteiger partial charge in [0.1, 0.15) is 0 Å². The lowest BCUT2D eigenvalue weighted by molar-refractivity contribution is 0.0948. The van der Waals surface area contributed by atoms with Crippen LogP contribution in [0.15, 0.2) is 71.8 Å². The maximum Gasteiger partial charge on any atom is 0.331 e. The molecule has 4 rings (SSSR count). The molecule has 0 aromatic heterocycles. The quantitative estimate of drug-likeness (QED) is 0.605. The molecule has 0 saturated carbocycles. The average molecular weight is 450 g/mol. The lowest BCUT2D eigenvalue weighted by Gasteiger charge is -2.41. The number of hydrogen-bond acceptors (Lipinski definition) is 2. The lowest BCUT2D eigenvalue weighted by Crippen LogP contribution is -2.55. The molecule has 0 spiro atoms. The van der Waals surface area contributed by atoms with Crippen LogP contribution in [-0.4, -0.2) is 22.9 Å². The summed E-state index contributed by atoms with van der Waals surface area (Å²) in [5.41, 5.74) is 0.252. The van der Waals surface area contributed by atoms with Crippen LogP contribution >= 0.6 is 34.8 Å². The first-order valence-electron chi connectivity index (χ1n) is 9.19. The fourth-order valence-corrected chi connectivity index (χ4v) is 4.53. The summed E-state index contributed by atoms with van der Waals surface area (Å²) in [5, 5.41) is 13.1. The predicted molar refractivity (Wildman–Crippen MR) is 119 cm³/mol. The Balaban J connectivity index is 1.85. The van der Waals surface area contributed by atoms with Gasteiger partial charge in [0.15, 0.2) is 6.23 Å². The fraction of sp³-hybridized carbons (Fsp3) is 0.227. The molecule has 0 radical (unpaired) electrons. The third-order valence-electron chi connectivity index (χ3n) is 5.61. The van der Waals surface area contributed by atoms with Gasteiger partial charge in [0.25, 0.3) is 0 Å². The van der Waals surface area contributed by atoms with Gasteiger partial charge in [-0.05, 0) is 68.0 Å². The first-order chi connectivity index (χ1) is 13.8. The van der Waals surface area contributed by atoms with Crippen LogP contribution in [0.4, 0.5) is 16.2 Å². The van der Waals surface area contributed by atoms with Gasteiger partial charge in [-0.2, -0.15) is 0 Å². The predicted octanol–water partition coefficient (Wildman–Crippen LogP) is 6.22. The SMILES string of the molecule is C[C@@]1(C2C=C(Cl)C=CC2)C(O)N(c2ccc(Cl)cc2)C(=O)N1c1ccc(Cl)cc1. The highest BCUT2D eigenvalue weighted by Crippen LogP contribution is 2.46. The molecule has 2 aromatic carbocycles. The van der Waals surface area contributed by atoms with Crippen molar-refractivity contribution in [2.24, 2.45) is 5.92 Å². The molecule has 1 fully saturated rings. The highest BCUT2D eigenvalue weighted by Gasteiger charge is 2.58. The number of aliphatic hydroxyl groups excluding tert-OH is 1. The van der Waals surface area contributed by atoms with Gasteiger partial charge in [-0.3, -0.25) is 9.80 Å². The van der Waals surface area contributed by atoms with E-state index in [1.165, 1.54) is 4.90 Å². The molecule has 2 aromatic rings. The minimum atomic E-state index is -1.11. The molecule has 150 valence electrons. The molecular weight excluding hydrogens is 431 g/mol. The Hall–Kier alpha value is -1.98. The summed E-state index contributed by atoms with van der Waals surface area (Å²) in [5.74, 6) is -0.188. The van der Waals surface area contributed by atoms with Crippen LogP contribution in [0.1, 0.15) is 13.3 Å². The molecule has 1 N–H and O–H groups in total. The highest BCUT2D eigenvalue weighted by atomic mass is 35.5. The summed E-state index contributed by atoms with van der Waals surface area (Å²) in [4.78, 5) is 16.6. The van der Waals surface area contributed by atoms with Gasteiger partial charge < -0.3 is 5.11 Å². The summed E-state index contributed by atoms with van der Waals surface area (Å²) in [6, 6.07) is 13.5. The van der Waals surface area contributed by atoms with E-state index in [0.717, 1.165) is 0 Å². The molecule has 7 heteroatoms. The number of rotatable bonds is 3. The number of hydrogen-bond donors (Lipinski definition) is 1. The molecule has 1 heterocycles. The average Bonchev–Trinajstić information content (AvgIpc) is 2.90. The second kappa shape index (κ2) is 7.69. The van der Waals surface area contributed by atoms with Gasteiger partial charge in [-0.25, -0.2) is 4.79 Å². The number of urea groups is 1. The molecule has 2 aliphatic rings. The van der Waals surface area contributed by atoms with Crippen molar-refractivity contribution < 1.29 is 9.90 Å². The topological polar surface area (TPSA) is 43.8 Å². The molecular formula is C22H19Cl3N2O2. The van der Waals surface area contributed by atoms with E-state index in [9.17, 15) is 9.90 Å². The van der Waals surface area contributed by atoms with Crippen molar-refractivity contribution in [3.63, 3.8) is 0 Å². The van der Waals surface area contributed by atoms with E-state index in [0.29, 0.717) is 32.9 Å². The van der Waals surface area contributed by atoms with E-state index in [1.807, 2.05) is 25.2 Å². The summed E-state index contributed by atoms with van der Waals surface area (Å²) in [6.07, 6.45) is 5.22. The van der Waals surface area contributed by atoms with Crippen LogP contribution in [0.2, 0.25) is 10.0 Å². The number of anilines is 2. The maximum atomic E-state index is 13.6. The van der Waals surface area contributed by atoms with E-state index < -0.39 is 11.8 Å². The molecule has 0 bridgehead atoms. The Labute approximate surface area is 184 Å². The Kier molecular flexibility index (Phi) is 5.38. The number of halogens is 3. The molecule has 3 atom stereocenters. The highest BCUT2D eigenvalue weighted by molar-refractivity contribution is 6.31. The lowest BCUT2D eigenvalue weighted by atomic mass is 9.79. The summed E-state index contributed by atoms with van der Waals surface area (Å²) < 4.78 is 0. The fourth-order valence-electron chi connectivity index (χ4n) is 4.04. The smallest absolute Gasteiger partial charge is 0.331 e. The third kappa shape index (κ3) is 3.44. The second-order valence-electron chi connectivity index (χ2n) is 7.34. The number of aliphatic hydroxyl groups is 1. The van der Waals surface area contributed by atoms with Gasteiger partial charge >= 0.3 is 6.03 Å². The molecule has 1 aliphatic carbocycles. The van der Waals surface area contributed by atoms with Gasteiger partial charge in [-0.15, -0.1) is 0 Å². The van der Waals surface area contributed by atoms with E-state index >= 15 is 0 Å². The largest absolute Gasteiger partial charge is 0.371 e. The van der Waals surface area contributed by atoms with Crippen molar-refractivity contribution in [1.82, 2.24) is 0 Å². The van der Waals surface area contributed by atoms with Gasteiger partial charge in [0.05, 0.1) is 5.54 Å². The molecule has 1 aliphatic heterocycles. The van der Waals surface area contributed by atoms with Crippen LogP contribution in [0.3, 0.4) is 0 Å². The summed E-state index contributed by atoms with van der Waals surface area (Å²) >= 11 is 18.3. The van der Waals surface area contributed by atoms with Gasteiger partial charge in [0, 0.05) is 32.4 Å². The number of nitrogens with zero attached hydrogens (tertiary/aromatic N) is 2. The number of amides is 2. The number of benzene rings is 2. The molecule has 29 heavy (non-hydrogen) atoms. The van der Waals surface area contributed by atoms with Crippen molar-refractivity contribution in [3.05, 3.63) is 81.8 Å². The summed E-state index contributed by atoms with van der Waals surface area (Å²) in [7, 11) is 0. The normalized spacial score (nSPS) is 26.8. The van der Waals surface area contributed by atoms with Crippen LogP contribution in [-0.2, 0) is 0 Å². The summed E-state index contributed by atoms with van der Waals surface area (Å²) in [6.45, 7) is 1.88. The van der Waals surface area contributed by atoms with Crippen molar-refractivity contribution in [1.29, 1.82) is 0 Å². The first kappa shape index (κ1) is 20.3. The van der Waals surface area contributed by atoms with E-state index in [2.05, 4.69) is 0 Å². The van der Waals surface area contributed by atoms with Crippen LogP contribution < -0.4 is 9.80 Å². The van der Waals surface area contributed by atoms with E-state index in [4.69, 9.17) is 34.8 Å². The maximum absolute atomic E-state index is 13.6. The number of allylic oxidation sites excluding steroid dienone is 3. The zero-order valence-electron chi connectivity index (χ0n) is 15.6. The van der Waals surface area contributed by atoms with Crippen molar-refractivity contribution in [2.75, 3.05) is 9.80 Å². The van der Waals surface area contributed by atoms with E-state index in [-0.39, 0.29) is 11.9 Å². The second-order valence-corrected chi connectivity index (χ2v) is 8.65. The Morgan fingerprint density at radius 2 is 1.52 bits per heavy atom. The zero-order valence-corrected chi connectivity index (χ0v) is 17.9. The van der Waals surface area contributed by atoms with Gasteiger partial charge in [-0.1, -0.05) is 47.0 Å². The minimum Gasteiger partial charge on any atom is -0.371 e. The monoisotopic (exact) mass is 448 g/mol. The first-order valence-corrected chi connectivity index (χ1v) is 10.3. The Morgan fingerprint density at radius 1 is 0.966 bits per heavy atom. The molecule has 1 saturated heterocycles. The Morgan fingerprint density at radius 3 is 2.07 bits per heavy atom. The van der Waals surface area contributed by atoms with Crippen molar-refractivity contribution >= 4 is 52.2 Å². The van der Waals surface area contributed by atoms with Crippen LogP contribution in [0.5, 0.6) is 0 Å². The standard InChI is InChI=1S/C22H19Cl3N2O2/c1-22(14-3-2-4-17(25)13-14)20(28)26(18-9-5-15(23)6-10-18)21(29)27(22)19-11-7-16(24)8-12-19/h2,4-14,20,28H,3H2,1H3/t14?,20?,22-/m1/s1. The molecule has 2 amide bonds. The van der Waals surface area contributed by atoms with Crippen LogP contribution in [0, 0.1) is 5.92 Å².